The van der Waals surface area contributed by atoms with Crippen LogP contribution in [-0.4, -0.2) is 15.8 Å². The predicted octanol–water partition coefficient (Wildman–Crippen LogP) is 3.49. The number of halogens is 1. The number of hydrogen-bond acceptors (Lipinski definition) is 3. The Morgan fingerprint density at radius 1 is 1.37 bits per heavy atom. The molecule has 2 aromatic rings. The summed E-state index contributed by atoms with van der Waals surface area (Å²) in [5.41, 5.74) is 8.32. The van der Waals surface area contributed by atoms with Gasteiger partial charge in [0.2, 0.25) is 0 Å². The molecule has 0 aliphatic heterocycles. The third-order valence-electron chi connectivity index (χ3n) is 3.43. The topological polar surface area (TPSA) is 57.0 Å². The molecule has 19 heavy (non-hydrogen) atoms. The van der Waals surface area contributed by atoms with Gasteiger partial charge in [0.05, 0.1) is 15.9 Å². The normalized spacial score (nSPS) is 14.6. The van der Waals surface area contributed by atoms with Crippen molar-refractivity contribution in [2.75, 3.05) is 0 Å². The van der Waals surface area contributed by atoms with Gasteiger partial charge in [0.25, 0.3) is 0 Å². The third-order valence-corrected chi connectivity index (χ3v) is 4.58. The number of furan rings is 1. The van der Waals surface area contributed by atoms with E-state index in [2.05, 4.69) is 28.0 Å². The summed E-state index contributed by atoms with van der Waals surface area (Å²) in [6.07, 6.45) is 0.861. The zero-order valence-corrected chi connectivity index (χ0v) is 13.4. The average Bonchev–Trinajstić information content (AvgIpc) is 2.90. The Hall–Kier alpha value is -1.07. The molecule has 0 fully saturated rings. The molecule has 0 saturated carbocycles. The Morgan fingerprint density at radius 2 is 2.05 bits per heavy atom. The highest BCUT2D eigenvalue weighted by Crippen LogP contribution is 2.29. The van der Waals surface area contributed by atoms with Gasteiger partial charge in [-0.25, -0.2) is 0 Å². The molecular formula is C14H20BrN3O. The second-order valence-corrected chi connectivity index (χ2v) is 5.69. The largest absolute Gasteiger partial charge is 0.464 e. The second-order valence-electron chi connectivity index (χ2n) is 4.89. The first-order valence-corrected chi connectivity index (χ1v) is 7.28. The van der Waals surface area contributed by atoms with Gasteiger partial charge in [0.15, 0.2) is 0 Å². The number of hydrogen-bond donors (Lipinski definition) is 1. The lowest BCUT2D eigenvalue weighted by molar-refractivity contribution is 0.340. The van der Waals surface area contributed by atoms with Crippen molar-refractivity contribution in [3.63, 3.8) is 0 Å². The van der Waals surface area contributed by atoms with E-state index in [-0.39, 0.29) is 12.1 Å². The van der Waals surface area contributed by atoms with E-state index in [0.29, 0.717) is 0 Å². The van der Waals surface area contributed by atoms with Gasteiger partial charge < -0.3 is 10.2 Å². The zero-order chi connectivity index (χ0) is 14.2. The lowest BCUT2D eigenvalue weighted by Crippen LogP contribution is -2.33. The molecule has 0 aliphatic rings. The molecule has 0 spiro atoms. The van der Waals surface area contributed by atoms with Gasteiger partial charge in [-0.1, -0.05) is 6.92 Å². The molecule has 0 amide bonds. The molecule has 2 aromatic heterocycles. The van der Waals surface area contributed by atoms with Gasteiger partial charge in [-0.3, -0.25) is 4.68 Å². The van der Waals surface area contributed by atoms with Crippen molar-refractivity contribution in [2.24, 2.45) is 5.73 Å². The average molecular weight is 326 g/mol. The van der Waals surface area contributed by atoms with E-state index in [1.807, 2.05) is 37.6 Å². The molecule has 0 bridgehead atoms. The van der Waals surface area contributed by atoms with Gasteiger partial charge >= 0.3 is 0 Å². The van der Waals surface area contributed by atoms with Crippen LogP contribution in [0.4, 0.5) is 0 Å². The van der Waals surface area contributed by atoms with Crippen LogP contribution in [0.3, 0.4) is 0 Å². The Morgan fingerprint density at radius 3 is 2.47 bits per heavy atom. The summed E-state index contributed by atoms with van der Waals surface area (Å²) in [6.45, 7) is 8.04. The van der Waals surface area contributed by atoms with Crippen LogP contribution in [0.15, 0.2) is 21.0 Å². The molecule has 104 valence electrons. The Balaban J connectivity index is 2.52. The van der Waals surface area contributed by atoms with E-state index in [1.54, 1.807) is 0 Å². The van der Waals surface area contributed by atoms with E-state index >= 15 is 0 Å². The SMILES string of the molecule is CCC(N)C(c1ccc(C)o1)n1nc(C)c(Br)c1C. The Bertz CT molecular complexity index is 573. The first-order chi connectivity index (χ1) is 8.95. The van der Waals surface area contributed by atoms with Crippen LogP contribution >= 0.6 is 15.9 Å². The summed E-state index contributed by atoms with van der Waals surface area (Å²) in [7, 11) is 0. The fourth-order valence-electron chi connectivity index (χ4n) is 2.26. The van der Waals surface area contributed by atoms with Crippen molar-refractivity contribution in [3.8, 4) is 0 Å². The van der Waals surface area contributed by atoms with Crippen LogP contribution in [0.5, 0.6) is 0 Å². The van der Waals surface area contributed by atoms with Crippen molar-refractivity contribution in [1.29, 1.82) is 0 Å². The highest BCUT2D eigenvalue weighted by molar-refractivity contribution is 9.10. The molecular weight excluding hydrogens is 306 g/mol. The molecule has 2 heterocycles. The minimum absolute atomic E-state index is 0.0320. The fourth-order valence-corrected chi connectivity index (χ4v) is 2.52. The third kappa shape index (κ3) is 2.62. The second kappa shape index (κ2) is 5.51. The summed E-state index contributed by atoms with van der Waals surface area (Å²) >= 11 is 3.56. The van der Waals surface area contributed by atoms with E-state index in [9.17, 15) is 0 Å². The van der Waals surface area contributed by atoms with Crippen molar-refractivity contribution in [3.05, 3.63) is 39.5 Å². The van der Waals surface area contributed by atoms with Crippen LogP contribution in [0.2, 0.25) is 0 Å². The highest BCUT2D eigenvalue weighted by atomic mass is 79.9. The van der Waals surface area contributed by atoms with Crippen molar-refractivity contribution < 1.29 is 4.42 Å². The van der Waals surface area contributed by atoms with Crippen LogP contribution < -0.4 is 5.73 Å². The van der Waals surface area contributed by atoms with Gasteiger partial charge in [-0.2, -0.15) is 5.10 Å². The Kier molecular flexibility index (Phi) is 4.16. The van der Waals surface area contributed by atoms with E-state index in [1.165, 1.54) is 0 Å². The van der Waals surface area contributed by atoms with Crippen molar-refractivity contribution in [1.82, 2.24) is 9.78 Å². The van der Waals surface area contributed by atoms with Gasteiger partial charge in [-0.05, 0) is 55.3 Å². The zero-order valence-electron chi connectivity index (χ0n) is 11.8. The molecule has 2 N–H and O–H groups in total. The molecule has 0 saturated heterocycles. The first kappa shape index (κ1) is 14.3. The van der Waals surface area contributed by atoms with Crippen molar-refractivity contribution in [2.45, 2.75) is 46.2 Å². The molecule has 4 nitrogen and oxygen atoms in total. The van der Waals surface area contributed by atoms with Crippen LogP contribution in [0.1, 0.15) is 42.3 Å². The molecule has 2 atom stereocenters. The number of rotatable bonds is 4. The summed E-state index contributed by atoms with van der Waals surface area (Å²) < 4.78 is 8.77. The smallest absolute Gasteiger partial charge is 0.130 e. The molecule has 0 aliphatic carbocycles. The minimum atomic E-state index is -0.0660. The van der Waals surface area contributed by atoms with Gasteiger partial charge in [-0.15, -0.1) is 0 Å². The lowest BCUT2D eigenvalue weighted by atomic mass is 10.0. The maximum atomic E-state index is 6.28. The number of nitrogens with two attached hydrogens (primary N) is 1. The minimum Gasteiger partial charge on any atom is -0.464 e. The first-order valence-electron chi connectivity index (χ1n) is 6.48. The highest BCUT2D eigenvalue weighted by Gasteiger charge is 2.27. The summed E-state index contributed by atoms with van der Waals surface area (Å²) in [4.78, 5) is 0. The van der Waals surface area contributed by atoms with Crippen molar-refractivity contribution >= 4 is 15.9 Å². The van der Waals surface area contributed by atoms with Crippen LogP contribution in [0.25, 0.3) is 0 Å². The van der Waals surface area contributed by atoms with Gasteiger partial charge in [0, 0.05) is 6.04 Å². The van der Waals surface area contributed by atoms with Gasteiger partial charge in [0.1, 0.15) is 17.6 Å². The van der Waals surface area contributed by atoms with E-state index in [4.69, 9.17) is 10.2 Å². The Labute approximate surface area is 122 Å². The number of aromatic nitrogens is 2. The summed E-state index contributed by atoms with van der Waals surface area (Å²) in [5, 5.41) is 4.59. The van der Waals surface area contributed by atoms with Crippen LogP contribution in [0, 0.1) is 20.8 Å². The molecule has 2 rings (SSSR count). The van der Waals surface area contributed by atoms with E-state index < -0.39 is 0 Å². The number of nitrogens with zero attached hydrogens (tertiary/aromatic N) is 2. The maximum absolute atomic E-state index is 6.28. The monoisotopic (exact) mass is 325 g/mol. The predicted molar refractivity (Wildman–Crippen MR) is 79.3 cm³/mol. The molecule has 2 unspecified atom stereocenters. The number of aryl methyl sites for hydroxylation is 2. The molecule has 5 heteroatoms. The van der Waals surface area contributed by atoms with E-state index in [0.717, 1.165) is 33.8 Å². The molecule has 0 aromatic carbocycles. The molecule has 0 radical (unpaired) electrons. The standard InChI is InChI=1S/C14H20BrN3O/c1-5-11(16)14(12-7-6-8(2)19-12)18-10(4)13(15)9(3)17-18/h6-7,11,14H,5,16H2,1-4H3. The fraction of sp³-hybridized carbons (Fsp3) is 0.500. The maximum Gasteiger partial charge on any atom is 0.130 e. The summed E-state index contributed by atoms with van der Waals surface area (Å²) in [6, 6.07) is 3.85. The van der Waals surface area contributed by atoms with Crippen LogP contribution in [-0.2, 0) is 0 Å². The quantitative estimate of drug-likeness (QED) is 0.936. The lowest BCUT2D eigenvalue weighted by Gasteiger charge is -2.23. The summed E-state index contributed by atoms with van der Waals surface area (Å²) in [5.74, 6) is 1.76.